The summed E-state index contributed by atoms with van der Waals surface area (Å²) in [4.78, 5) is 3.98. The molecule has 0 amide bonds. The lowest BCUT2D eigenvalue weighted by Gasteiger charge is -1.93. The van der Waals surface area contributed by atoms with E-state index in [9.17, 15) is 4.39 Å². The normalized spacial score (nSPS) is 11.1. The Balaban J connectivity index is 2.19. The fraction of sp³-hybridized carbons (Fsp3) is 0.100. The summed E-state index contributed by atoms with van der Waals surface area (Å²) >= 11 is 0. The third-order valence-electron chi connectivity index (χ3n) is 1.88. The molecule has 0 N–H and O–H groups in total. The van der Waals surface area contributed by atoms with Gasteiger partial charge in [-0.05, 0) is 24.3 Å². The minimum atomic E-state index is -0.286. The first-order chi connectivity index (χ1) is 7.25. The van der Waals surface area contributed by atoms with Crippen molar-refractivity contribution < 1.29 is 4.39 Å². The van der Waals surface area contributed by atoms with Crippen LogP contribution >= 0.6 is 0 Å². The van der Waals surface area contributed by atoms with Crippen LogP contribution in [0, 0.1) is 5.82 Å². The van der Waals surface area contributed by atoms with E-state index in [0.29, 0.717) is 11.6 Å². The molecule has 0 aliphatic carbocycles. The zero-order valence-electron chi connectivity index (χ0n) is 8.13. The van der Waals surface area contributed by atoms with Gasteiger partial charge < -0.3 is 4.57 Å². The Morgan fingerprint density at radius 2 is 1.93 bits per heavy atom. The second kappa shape index (κ2) is 4.00. The maximum absolute atomic E-state index is 12.6. The number of azo groups is 1. The topological polar surface area (TPSA) is 42.5 Å². The Labute approximate surface area is 86.1 Å². The Morgan fingerprint density at radius 3 is 2.53 bits per heavy atom. The van der Waals surface area contributed by atoms with E-state index < -0.39 is 0 Å². The Bertz CT molecular complexity index is 472. The van der Waals surface area contributed by atoms with Crippen LogP contribution < -0.4 is 0 Å². The standard InChI is InChI=1S/C10H9FN4/c1-15-7-6-12-10(15)14-13-9-4-2-8(11)3-5-9/h2-7H,1H3. The number of halogens is 1. The van der Waals surface area contributed by atoms with Crippen molar-refractivity contribution in [2.24, 2.45) is 17.3 Å². The second-order valence-electron chi connectivity index (χ2n) is 3.01. The molecule has 0 bridgehead atoms. The average Bonchev–Trinajstić information content (AvgIpc) is 2.63. The molecule has 0 unspecified atom stereocenters. The molecule has 0 spiro atoms. The van der Waals surface area contributed by atoms with E-state index in [-0.39, 0.29) is 5.82 Å². The molecule has 0 atom stereocenters. The molecule has 0 saturated carbocycles. The molecule has 2 rings (SSSR count). The fourth-order valence-corrected chi connectivity index (χ4v) is 1.06. The first-order valence-electron chi connectivity index (χ1n) is 4.40. The van der Waals surface area contributed by atoms with Crippen LogP contribution in [0.15, 0.2) is 46.9 Å². The number of nitrogens with zero attached hydrogens (tertiary/aromatic N) is 4. The van der Waals surface area contributed by atoms with Crippen LogP contribution in [-0.4, -0.2) is 9.55 Å². The van der Waals surface area contributed by atoms with Crippen LogP contribution in [0.25, 0.3) is 0 Å². The van der Waals surface area contributed by atoms with Crippen molar-refractivity contribution in [1.29, 1.82) is 0 Å². The number of aryl methyl sites for hydroxylation is 1. The molecule has 1 aromatic heterocycles. The summed E-state index contributed by atoms with van der Waals surface area (Å²) in [7, 11) is 1.83. The summed E-state index contributed by atoms with van der Waals surface area (Å²) in [5.74, 6) is 0.227. The zero-order chi connectivity index (χ0) is 10.7. The largest absolute Gasteiger partial charge is 0.317 e. The van der Waals surface area contributed by atoms with Crippen LogP contribution in [0.4, 0.5) is 16.0 Å². The van der Waals surface area contributed by atoms with Crippen molar-refractivity contribution in [3.63, 3.8) is 0 Å². The van der Waals surface area contributed by atoms with Crippen LogP contribution in [-0.2, 0) is 7.05 Å². The van der Waals surface area contributed by atoms with E-state index >= 15 is 0 Å². The van der Waals surface area contributed by atoms with Crippen molar-refractivity contribution >= 4 is 11.6 Å². The van der Waals surface area contributed by atoms with Gasteiger partial charge in [0.15, 0.2) is 0 Å². The van der Waals surface area contributed by atoms with Gasteiger partial charge in [0.05, 0.1) is 5.69 Å². The minimum absolute atomic E-state index is 0.286. The molecule has 1 aromatic carbocycles. The van der Waals surface area contributed by atoms with Gasteiger partial charge in [-0.2, -0.15) is 0 Å². The lowest BCUT2D eigenvalue weighted by molar-refractivity contribution is 0.628. The fourth-order valence-electron chi connectivity index (χ4n) is 1.06. The van der Waals surface area contributed by atoms with Gasteiger partial charge in [-0.15, -0.1) is 10.2 Å². The predicted molar refractivity (Wildman–Crippen MR) is 53.8 cm³/mol. The quantitative estimate of drug-likeness (QED) is 0.693. The molecule has 2 aromatic rings. The van der Waals surface area contributed by atoms with E-state index in [1.165, 1.54) is 12.1 Å². The van der Waals surface area contributed by atoms with Gasteiger partial charge in [0, 0.05) is 19.4 Å². The maximum Gasteiger partial charge on any atom is 0.249 e. The smallest absolute Gasteiger partial charge is 0.249 e. The molecular weight excluding hydrogens is 195 g/mol. The Kier molecular flexibility index (Phi) is 2.53. The van der Waals surface area contributed by atoms with Crippen LogP contribution in [0.5, 0.6) is 0 Å². The average molecular weight is 204 g/mol. The summed E-state index contributed by atoms with van der Waals surface area (Å²) in [6.07, 6.45) is 3.41. The van der Waals surface area contributed by atoms with Crippen LogP contribution in [0.2, 0.25) is 0 Å². The lowest BCUT2D eigenvalue weighted by atomic mass is 10.3. The third kappa shape index (κ3) is 2.25. The monoisotopic (exact) mass is 204 g/mol. The van der Waals surface area contributed by atoms with Gasteiger partial charge in [-0.3, -0.25) is 0 Å². The number of rotatable bonds is 2. The first kappa shape index (κ1) is 9.51. The lowest BCUT2D eigenvalue weighted by Crippen LogP contribution is -1.82. The molecule has 76 valence electrons. The third-order valence-corrected chi connectivity index (χ3v) is 1.88. The van der Waals surface area contributed by atoms with Gasteiger partial charge in [-0.25, -0.2) is 9.37 Å². The molecule has 15 heavy (non-hydrogen) atoms. The molecular formula is C10H9FN4. The van der Waals surface area contributed by atoms with Crippen LogP contribution in [0.1, 0.15) is 0 Å². The molecule has 0 saturated heterocycles. The number of aromatic nitrogens is 2. The number of benzene rings is 1. The highest BCUT2D eigenvalue weighted by molar-refractivity contribution is 5.36. The maximum atomic E-state index is 12.6. The van der Waals surface area contributed by atoms with Crippen molar-refractivity contribution in [1.82, 2.24) is 9.55 Å². The van der Waals surface area contributed by atoms with E-state index in [1.807, 2.05) is 7.05 Å². The Hall–Kier alpha value is -2.04. The predicted octanol–water partition coefficient (Wildman–Crippen LogP) is 2.97. The Morgan fingerprint density at radius 1 is 1.20 bits per heavy atom. The highest BCUT2D eigenvalue weighted by atomic mass is 19.1. The molecule has 5 heteroatoms. The van der Waals surface area contributed by atoms with Crippen molar-refractivity contribution in [3.05, 3.63) is 42.5 Å². The van der Waals surface area contributed by atoms with Crippen LogP contribution in [0.3, 0.4) is 0 Å². The molecule has 0 fully saturated rings. The van der Waals surface area contributed by atoms with Crippen molar-refractivity contribution in [2.45, 2.75) is 0 Å². The van der Waals surface area contributed by atoms with Gasteiger partial charge in [-0.1, -0.05) is 0 Å². The summed E-state index contributed by atoms with van der Waals surface area (Å²) in [6, 6.07) is 5.79. The summed E-state index contributed by atoms with van der Waals surface area (Å²) in [5.41, 5.74) is 0.597. The van der Waals surface area contributed by atoms with Gasteiger partial charge in [0.1, 0.15) is 5.82 Å². The van der Waals surface area contributed by atoms with E-state index in [2.05, 4.69) is 15.2 Å². The summed E-state index contributed by atoms with van der Waals surface area (Å²) in [5, 5.41) is 7.85. The second-order valence-corrected chi connectivity index (χ2v) is 3.01. The molecule has 0 aliphatic rings. The number of hydrogen-bond acceptors (Lipinski definition) is 3. The SMILES string of the molecule is Cn1ccnc1N=Nc1ccc(F)cc1. The number of hydrogen-bond donors (Lipinski definition) is 0. The summed E-state index contributed by atoms with van der Waals surface area (Å²) in [6.45, 7) is 0. The van der Waals surface area contributed by atoms with E-state index in [1.54, 1.807) is 29.1 Å². The van der Waals surface area contributed by atoms with E-state index in [0.717, 1.165) is 0 Å². The van der Waals surface area contributed by atoms with Crippen molar-refractivity contribution in [2.75, 3.05) is 0 Å². The summed E-state index contributed by atoms with van der Waals surface area (Å²) < 4.78 is 14.3. The van der Waals surface area contributed by atoms with Gasteiger partial charge in [0.2, 0.25) is 5.95 Å². The van der Waals surface area contributed by atoms with E-state index in [4.69, 9.17) is 0 Å². The van der Waals surface area contributed by atoms with Crippen molar-refractivity contribution in [3.8, 4) is 0 Å². The molecule has 0 aliphatic heterocycles. The highest BCUT2D eigenvalue weighted by Gasteiger charge is 1.95. The first-order valence-corrected chi connectivity index (χ1v) is 4.40. The molecule has 4 nitrogen and oxygen atoms in total. The minimum Gasteiger partial charge on any atom is -0.317 e. The zero-order valence-corrected chi connectivity index (χ0v) is 8.13. The van der Waals surface area contributed by atoms with Gasteiger partial charge in [0.25, 0.3) is 0 Å². The number of imidazole rings is 1. The molecule has 1 heterocycles. The molecule has 0 radical (unpaired) electrons. The highest BCUT2D eigenvalue weighted by Crippen LogP contribution is 2.16. The van der Waals surface area contributed by atoms with Gasteiger partial charge >= 0.3 is 0 Å².